The van der Waals surface area contributed by atoms with Gasteiger partial charge in [0.25, 0.3) is 0 Å². The molecule has 0 aromatic rings. The Balaban J connectivity index is 2.55. The Kier molecular flexibility index (Phi) is 4.14. The maximum atomic E-state index is 12.0. The lowest BCUT2D eigenvalue weighted by Crippen LogP contribution is -2.53. The molecule has 17 heavy (non-hydrogen) atoms. The predicted octanol–water partition coefficient (Wildman–Crippen LogP) is 0.733. The van der Waals surface area contributed by atoms with Crippen LogP contribution < -0.4 is 11.1 Å². The topological polar surface area (TPSA) is 92.4 Å². The van der Waals surface area contributed by atoms with Gasteiger partial charge in [-0.3, -0.25) is 9.59 Å². The summed E-state index contributed by atoms with van der Waals surface area (Å²) in [5.74, 6) is -0.970. The van der Waals surface area contributed by atoms with Crippen LogP contribution in [0, 0.1) is 10.8 Å². The first kappa shape index (κ1) is 14.0. The van der Waals surface area contributed by atoms with E-state index in [-0.39, 0.29) is 12.5 Å². The van der Waals surface area contributed by atoms with Gasteiger partial charge in [0.1, 0.15) is 0 Å². The van der Waals surface area contributed by atoms with Crippen molar-refractivity contribution >= 4 is 11.9 Å². The maximum Gasteiger partial charge on any atom is 0.311 e. The van der Waals surface area contributed by atoms with Crippen LogP contribution in [0.4, 0.5) is 0 Å². The van der Waals surface area contributed by atoms with Crippen molar-refractivity contribution in [3.05, 3.63) is 0 Å². The molecule has 1 unspecified atom stereocenters. The first-order valence-corrected chi connectivity index (χ1v) is 6.12. The molecule has 0 bridgehead atoms. The summed E-state index contributed by atoms with van der Waals surface area (Å²) in [6, 6.07) is 0. The smallest absolute Gasteiger partial charge is 0.311 e. The molecule has 1 atom stereocenters. The van der Waals surface area contributed by atoms with E-state index in [0.717, 1.165) is 19.3 Å². The Morgan fingerprint density at radius 2 is 2.06 bits per heavy atom. The number of nitrogens with two attached hydrogens (primary N) is 1. The van der Waals surface area contributed by atoms with Crippen molar-refractivity contribution in [2.45, 2.75) is 39.5 Å². The minimum Gasteiger partial charge on any atom is -0.481 e. The van der Waals surface area contributed by atoms with Gasteiger partial charge in [0.2, 0.25) is 5.91 Å². The van der Waals surface area contributed by atoms with Crippen molar-refractivity contribution in [2.75, 3.05) is 13.1 Å². The number of carbonyl (C=O) groups excluding carboxylic acids is 1. The van der Waals surface area contributed by atoms with E-state index in [0.29, 0.717) is 13.0 Å². The quantitative estimate of drug-likeness (QED) is 0.640. The second kappa shape index (κ2) is 5.04. The fraction of sp³-hybridized carbons (Fsp3) is 0.833. The van der Waals surface area contributed by atoms with Crippen LogP contribution >= 0.6 is 0 Å². The molecule has 1 rings (SSSR count). The zero-order chi connectivity index (χ0) is 13.1. The van der Waals surface area contributed by atoms with Crippen LogP contribution in [0.15, 0.2) is 0 Å². The monoisotopic (exact) mass is 242 g/mol. The summed E-state index contributed by atoms with van der Waals surface area (Å²) in [4.78, 5) is 23.1. The molecule has 0 saturated heterocycles. The van der Waals surface area contributed by atoms with Gasteiger partial charge in [0.05, 0.1) is 10.8 Å². The zero-order valence-corrected chi connectivity index (χ0v) is 10.6. The summed E-state index contributed by atoms with van der Waals surface area (Å²) < 4.78 is 0. The number of carboxylic acid groups (broad SMARTS) is 1. The lowest BCUT2D eigenvalue weighted by Gasteiger charge is -2.39. The van der Waals surface area contributed by atoms with Gasteiger partial charge in [-0.25, -0.2) is 0 Å². The highest BCUT2D eigenvalue weighted by atomic mass is 16.4. The minimum absolute atomic E-state index is 0.0906. The van der Waals surface area contributed by atoms with Crippen molar-refractivity contribution in [2.24, 2.45) is 16.6 Å². The number of nitrogens with one attached hydrogen (secondary N) is 1. The molecule has 1 fully saturated rings. The van der Waals surface area contributed by atoms with Gasteiger partial charge in [-0.05, 0) is 26.2 Å². The van der Waals surface area contributed by atoms with Crippen molar-refractivity contribution in [3.8, 4) is 0 Å². The van der Waals surface area contributed by atoms with Crippen LogP contribution in [0.5, 0.6) is 0 Å². The Labute approximate surface area is 102 Å². The van der Waals surface area contributed by atoms with Gasteiger partial charge in [-0.1, -0.05) is 13.3 Å². The number of amides is 1. The molecule has 0 aliphatic heterocycles. The second-order valence-electron chi connectivity index (χ2n) is 5.24. The van der Waals surface area contributed by atoms with Crippen LogP contribution in [0.3, 0.4) is 0 Å². The van der Waals surface area contributed by atoms with Gasteiger partial charge in [-0.15, -0.1) is 0 Å². The molecular formula is C12H22N2O3. The Bertz CT molecular complexity index is 307. The number of rotatable bonds is 6. The Morgan fingerprint density at radius 3 is 2.35 bits per heavy atom. The Hall–Kier alpha value is -1.10. The highest BCUT2D eigenvalue weighted by Crippen LogP contribution is 2.40. The van der Waals surface area contributed by atoms with E-state index in [2.05, 4.69) is 5.32 Å². The van der Waals surface area contributed by atoms with Crippen molar-refractivity contribution < 1.29 is 14.7 Å². The molecule has 5 heteroatoms. The standard InChI is InChI=1S/C12H22N2O3/c1-3-11(2,10(16)17)8-14-9(15)12(7-13)5-4-6-12/h3-8,13H2,1-2H3,(H,14,15)(H,16,17). The fourth-order valence-electron chi connectivity index (χ4n) is 1.94. The van der Waals surface area contributed by atoms with Crippen LogP contribution in [0.2, 0.25) is 0 Å². The van der Waals surface area contributed by atoms with Gasteiger partial charge < -0.3 is 16.2 Å². The van der Waals surface area contributed by atoms with Crippen LogP contribution in [-0.4, -0.2) is 30.1 Å². The van der Waals surface area contributed by atoms with Crippen LogP contribution in [0.1, 0.15) is 39.5 Å². The lowest BCUT2D eigenvalue weighted by atomic mass is 9.68. The molecule has 4 N–H and O–H groups in total. The van der Waals surface area contributed by atoms with E-state index in [1.54, 1.807) is 6.92 Å². The van der Waals surface area contributed by atoms with E-state index < -0.39 is 16.8 Å². The molecule has 0 spiro atoms. The fourth-order valence-corrected chi connectivity index (χ4v) is 1.94. The summed E-state index contributed by atoms with van der Waals surface area (Å²) in [6.45, 7) is 3.96. The molecular weight excluding hydrogens is 220 g/mol. The summed E-state index contributed by atoms with van der Waals surface area (Å²) in [7, 11) is 0. The first-order valence-electron chi connectivity index (χ1n) is 6.12. The highest BCUT2D eigenvalue weighted by Gasteiger charge is 2.43. The third kappa shape index (κ3) is 2.60. The van der Waals surface area contributed by atoms with Crippen molar-refractivity contribution in [1.29, 1.82) is 0 Å². The number of hydrogen-bond acceptors (Lipinski definition) is 3. The van der Waals surface area contributed by atoms with E-state index in [1.807, 2.05) is 6.92 Å². The van der Waals surface area contributed by atoms with E-state index in [1.165, 1.54) is 0 Å². The first-order chi connectivity index (χ1) is 7.90. The van der Waals surface area contributed by atoms with Gasteiger partial charge in [-0.2, -0.15) is 0 Å². The predicted molar refractivity (Wildman–Crippen MR) is 64.4 cm³/mol. The van der Waals surface area contributed by atoms with Gasteiger partial charge >= 0.3 is 5.97 Å². The summed E-state index contributed by atoms with van der Waals surface area (Å²) in [5, 5.41) is 11.9. The summed E-state index contributed by atoms with van der Waals surface area (Å²) in [6.07, 6.45) is 3.13. The van der Waals surface area contributed by atoms with Crippen molar-refractivity contribution in [3.63, 3.8) is 0 Å². The van der Waals surface area contributed by atoms with Crippen LogP contribution in [-0.2, 0) is 9.59 Å². The SMILES string of the molecule is CCC(C)(CNC(=O)C1(CN)CCC1)C(=O)O. The third-order valence-corrected chi connectivity index (χ3v) is 4.12. The molecule has 0 aromatic carbocycles. The van der Waals surface area contributed by atoms with E-state index >= 15 is 0 Å². The number of aliphatic carboxylic acids is 1. The van der Waals surface area contributed by atoms with E-state index in [9.17, 15) is 9.59 Å². The molecule has 1 saturated carbocycles. The molecule has 5 nitrogen and oxygen atoms in total. The number of carboxylic acids is 1. The molecule has 1 aliphatic rings. The summed E-state index contributed by atoms with van der Waals surface area (Å²) in [5.41, 5.74) is 4.29. The van der Waals surface area contributed by atoms with Gasteiger partial charge in [0.15, 0.2) is 0 Å². The average molecular weight is 242 g/mol. The second-order valence-corrected chi connectivity index (χ2v) is 5.24. The molecule has 98 valence electrons. The van der Waals surface area contributed by atoms with Crippen molar-refractivity contribution in [1.82, 2.24) is 5.32 Å². The maximum absolute atomic E-state index is 12.0. The van der Waals surface area contributed by atoms with Gasteiger partial charge in [0, 0.05) is 13.1 Å². The lowest BCUT2D eigenvalue weighted by molar-refractivity contribution is -0.148. The molecule has 0 radical (unpaired) electrons. The molecule has 0 aromatic heterocycles. The minimum atomic E-state index is -0.894. The average Bonchev–Trinajstić information content (AvgIpc) is 2.24. The molecule has 1 aliphatic carbocycles. The normalized spacial score (nSPS) is 21.1. The largest absolute Gasteiger partial charge is 0.481 e. The number of carbonyl (C=O) groups is 2. The highest BCUT2D eigenvalue weighted by molar-refractivity contribution is 5.84. The molecule has 1 amide bonds. The summed E-state index contributed by atoms with van der Waals surface area (Å²) >= 11 is 0. The Morgan fingerprint density at radius 1 is 1.47 bits per heavy atom. The third-order valence-electron chi connectivity index (χ3n) is 4.12. The van der Waals surface area contributed by atoms with E-state index in [4.69, 9.17) is 10.8 Å². The molecule has 0 heterocycles. The zero-order valence-electron chi connectivity index (χ0n) is 10.6. The number of hydrogen-bond donors (Lipinski definition) is 3. The van der Waals surface area contributed by atoms with Crippen LogP contribution in [0.25, 0.3) is 0 Å².